The van der Waals surface area contributed by atoms with E-state index in [1.165, 1.54) is 12.1 Å². The number of nitrogens with one attached hydrogen (secondary N) is 1. The van der Waals surface area contributed by atoms with Gasteiger partial charge in [0.25, 0.3) is 0 Å². The molecular formula is C15H20F3N. The van der Waals surface area contributed by atoms with E-state index in [4.69, 9.17) is 0 Å². The maximum Gasteiger partial charge on any atom is 0.416 e. The number of hydrogen-bond donors (Lipinski definition) is 1. The highest BCUT2D eigenvalue weighted by Gasteiger charge is 2.31. The summed E-state index contributed by atoms with van der Waals surface area (Å²) in [4.78, 5) is 0. The zero-order valence-corrected chi connectivity index (χ0v) is 11.3. The summed E-state index contributed by atoms with van der Waals surface area (Å²) in [6, 6.07) is 4.64. The first kappa shape index (κ1) is 14.4. The molecule has 1 aliphatic carbocycles. The predicted octanol–water partition coefficient (Wildman–Crippen LogP) is 4.26. The molecule has 2 atom stereocenters. The minimum Gasteiger partial charge on any atom is -0.317 e. The van der Waals surface area contributed by atoms with Crippen LogP contribution in [0.25, 0.3) is 0 Å². The smallest absolute Gasteiger partial charge is 0.317 e. The first-order valence-corrected chi connectivity index (χ1v) is 6.77. The molecule has 0 saturated heterocycles. The lowest BCUT2D eigenvalue weighted by Gasteiger charge is -2.30. The Kier molecular flexibility index (Phi) is 4.19. The Morgan fingerprint density at radius 1 is 1.21 bits per heavy atom. The number of rotatable bonds is 2. The summed E-state index contributed by atoms with van der Waals surface area (Å²) in [5, 5.41) is 3.28. The highest BCUT2D eigenvalue weighted by molar-refractivity contribution is 5.35. The van der Waals surface area contributed by atoms with Crippen LogP contribution in [0.5, 0.6) is 0 Å². The SMILES string of the molecule is CNC1CCCC(c2ccc(C(F)(F)F)cc2C)C1. The molecule has 0 amide bonds. The zero-order chi connectivity index (χ0) is 14.0. The third-order valence-corrected chi connectivity index (χ3v) is 4.12. The molecule has 1 aliphatic rings. The van der Waals surface area contributed by atoms with Crippen molar-refractivity contribution in [3.05, 3.63) is 34.9 Å². The molecule has 1 aromatic carbocycles. The summed E-state index contributed by atoms with van der Waals surface area (Å²) in [5.41, 5.74) is 1.29. The third kappa shape index (κ3) is 3.30. The van der Waals surface area contributed by atoms with Gasteiger partial charge in [-0.15, -0.1) is 0 Å². The molecule has 0 aromatic heterocycles. The van der Waals surface area contributed by atoms with Gasteiger partial charge in [-0.25, -0.2) is 0 Å². The molecule has 0 bridgehead atoms. The van der Waals surface area contributed by atoms with Crippen molar-refractivity contribution in [3.63, 3.8) is 0 Å². The maximum atomic E-state index is 12.6. The van der Waals surface area contributed by atoms with Gasteiger partial charge >= 0.3 is 6.18 Å². The van der Waals surface area contributed by atoms with Gasteiger partial charge < -0.3 is 5.32 Å². The Bertz CT molecular complexity index is 440. The van der Waals surface area contributed by atoms with Gasteiger partial charge in [0.1, 0.15) is 0 Å². The summed E-state index contributed by atoms with van der Waals surface area (Å²) in [6.45, 7) is 1.79. The van der Waals surface area contributed by atoms with Gasteiger partial charge in [-0.3, -0.25) is 0 Å². The van der Waals surface area contributed by atoms with E-state index in [-0.39, 0.29) is 0 Å². The number of alkyl halides is 3. The maximum absolute atomic E-state index is 12.6. The van der Waals surface area contributed by atoms with Crippen molar-refractivity contribution in [1.29, 1.82) is 0 Å². The van der Waals surface area contributed by atoms with Crippen LogP contribution in [0, 0.1) is 6.92 Å². The van der Waals surface area contributed by atoms with E-state index in [0.29, 0.717) is 12.0 Å². The largest absolute Gasteiger partial charge is 0.416 e. The van der Waals surface area contributed by atoms with Crippen LogP contribution >= 0.6 is 0 Å². The second-order valence-corrected chi connectivity index (χ2v) is 5.42. The molecule has 4 heteroatoms. The van der Waals surface area contributed by atoms with Gasteiger partial charge in [-0.1, -0.05) is 12.5 Å². The first-order chi connectivity index (χ1) is 8.91. The van der Waals surface area contributed by atoms with E-state index in [9.17, 15) is 13.2 Å². The molecule has 1 aromatic rings. The summed E-state index contributed by atoms with van der Waals surface area (Å²) < 4.78 is 37.9. The molecule has 1 saturated carbocycles. The van der Waals surface area contributed by atoms with Crippen LogP contribution in [0.3, 0.4) is 0 Å². The van der Waals surface area contributed by atoms with Crippen molar-refractivity contribution in [2.75, 3.05) is 7.05 Å². The van der Waals surface area contributed by atoms with E-state index >= 15 is 0 Å². The zero-order valence-electron chi connectivity index (χ0n) is 11.3. The van der Waals surface area contributed by atoms with Crippen LogP contribution in [0.4, 0.5) is 13.2 Å². The van der Waals surface area contributed by atoms with E-state index in [1.54, 1.807) is 13.0 Å². The van der Waals surface area contributed by atoms with E-state index < -0.39 is 11.7 Å². The molecule has 0 aliphatic heterocycles. The molecule has 0 radical (unpaired) electrons. The highest BCUT2D eigenvalue weighted by atomic mass is 19.4. The Morgan fingerprint density at radius 3 is 2.53 bits per heavy atom. The molecule has 19 heavy (non-hydrogen) atoms. The first-order valence-electron chi connectivity index (χ1n) is 6.77. The minimum atomic E-state index is -4.25. The molecular weight excluding hydrogens is 251 g/mol. The van der Waals surface area contributed by atoms with Crippen molar-refractivity contribution >= 4 is 0 Å². The van der Waals surface area contributed by atoms with E-state index in [1.807, 2.05) is 7.05 Å². The highest BCUT2D eigenvalue weighted by Crippen LogP contribution is 2.37. The predicted molar refractivity (Wildman–Crippen MR) is 70.2 cm³/mol. The summed E-state index contributed by atoms with van der Waals surface area (Å²) >= 11 is 0. The van der Waals surface area contributed by atoms with Crippen LogP contribution in [0.15, 0.2) is 18.2 Å². The molecule has 1 nitrogen and oxygen atoms in total. The molecule has 106 valence electrons. The van der Waals surface area contributed by atoms with Crippen LogP contribution < -0.4 is 5.32 Å². The summed E-state index contributed by atoms with van der Waals surface area (Å²) in [6.07, 6.45) is 0.139. The van der Waals surface area contributed by atoms with Crippen LogP contribution in [0.1, 0.15) is 48.3 Å². The Hall–Kier alpha value is -1.03. The number of aryl methyl sites for hydroxylation is 1. The summed E-state index contributed by atoms with van der Waals surface area (Å²) in [7, 11) is 1.95. The fourth-order valence-electron chi connectivity index (χ4n) is 3.04. The van der Waals surface area contributed by atoms with Gasteiger partial charge in [-0.2, -0.15) is 13.2 Å². The minimum absolute atomic E-state index is 0.383. The van der Waals surface area contributed by atoms with Crippen molar-refractivity contribution in [1.82, 2.24) is 5.32 Å². The molecule has 2 unspecified atom stereocenters. The Balaban J connectivity index is 2.21. The monoisotopic (exact) mass is 271 g/mol. The summed E-state index contributed by atoms with van der Waals surface area (Å²) in [5.74, 6) is 0.383. The second-order valence-electron chi connectivity index (χ2n) is 5.42. The topological polar surface area (TPSA) is 12.0 Å². The molecule has 0 spiro atoms. The fraction of sp³-hybridized carbons (Fsp3) is 0.600. The second kappa shape index (κ2) is 5.53. The standard InChI is InChI=1S/C15H20F3N/c1-10-8-12(15(16,17)18)6-7-14(10)11-4-3-5-13(9-11)19-2/h6-8,11,13,19H,3-5,9H2,1-2H3. The van der Waals surface area contributed by atoms with Crippen molar-refractivity contribution < 1.29 is 13.2 Å². The average molecular weight is 271 g/mol. The van der Waals surface area contributed by atoms with Gasteiger partial charge in [0.2, 0.25) is 0 Å². The number of benzene rings is 1. The average Bonchev–Trinajstić information content (AvgIpc) is 2.37. The molecule has 0 heterocycles. The van der Waals surface area contributed by atoms with Crippen molar-refractivity contribution in [2.24, 2.45) is 0 Å². The Labute approximate surface area is 112 Å². The van der Waals surface area contributed by atoms with Crippen LogP contribution in [-0.2, 0) is 6.18 Å². The van der Waals surface area contributed by atoms with Gasteiger partial charge in [0.15, 0.2) is 0 Å². The van der Waals surface area contributed by atoms with Gasteiger partial charge in [0.05, 0.1) is 5.56 Å². The quantitative estimate of drug-likeness (QED) is 0.847. The number of halogens is 3. The van der Waals surface area contributed by atoms with Gasteiger partial charge in [0, 0.05) is 6.04 Å². The normalized spacial score (nSPS) is 24.5. The third-order valence-electron chi connectivity index (χ3n) is 4.12. The van der Waals surface area contributed by atoms with Crippen LogP contribution in [-0.4, -0.2) is 13.1 Å². The van der Waals surface area contributed by atoms with Crippen molar-refractivity contribution in [3.8, 4) is 0 Å². The lowest BCUT2D eigenvalue weighted by Crippen LogP contribution is -2.30. The molecule has 1 N–H and O–H groups in total. The van der Waals surface area contributed by atoms with Crippen LogP contribution in [0.2, 0.25) is 0 Å². The van der Waals surface area contributed by atoms with Gasteiger partial charge in [-0.05, 0) is 62.4 Å². The number of hydrogen-bond acceptors (Lipinski definition) is 1. The lowest BCUT2D eigenvalue weighted by atomic mass is 9.79. The molecule has 2 rings (SSSR count). The van der Waals surface area contributed by atoms with E-state index in [2.05, 4.69) is 5.32 Å². The molecule has 1 fully saturated rings. The lowest BCUT2D eigenvalue weighted by molar-refractivity contribution is -0.137. The van der Waals surface area contributed by atoms with E-state index in [0.717, 1.165) is 36.8 Å². The van der Waals surface area contributed by atoms with Crippen molar-refractivity contribution in [2.45, 2.75) is 50.7 Å². The Morgan fingerprint density at radius 2 is 1.95 bits per heavy atom. The fourth-order valence-corrected chi connectivity index (χ4v) is 3.04.